The first-order valence-electron chi connectivity index (χ1n) is 7.07. The lowest BCUT2D eigenvalue weighted by molar-refractivity contribution is 0.0684. The number of amides is 1. The maximum Gasteiger partial charge on any atom is 0.272 e. The Bertz CT molecular complexity index is 637. The fraction of sp³-hybridized carbons (Fsp3) is 0.294. The van der Waals surface area contributed by atoms with Crippen LogP contribution in [0.1, 0.15) is 35.6 Å². The Labute approximate surface area is 125 Å². The Morgan fingerprint density at radius 1 is 1.19 bits per heavy atom. The zero-order valence-corrected chi connectivity index (χ0v) is 12.7. The van der Waals surface area contributed by atoms with E-state index in [1.165, 1.54) is 0 Å². The number of aromatic nitrogens is 1. The predicted octanol–water partition coefficient (Wildman–Crippen LogP) is 3.02. The number of nitrogen functional groups attached to an aromatic ring is 1. The topological polar surface area (TPSA) is 59.2 Å². The van der Waals surface area contributed by atoms with Gasteiger partial charge in [0, 0.05) is 24.0 Å². The van der Waals surface area contributed by atoms with Crippen molar-refractivity contribution in [1.82, 2.24) is 9.88 Å². The molecule has 0 radical (unpaired) electrons. The molecule has 1 amide bonds. The number of carbonyl (C=O) groups is 1. The number of hydrogen-bond acceptors (Lipinski definition) is 3. The minimum absolute atomic E-state index is 0.0689. The van der Waals surface area contributed by atoms with E-state index in [2.05, 4.69) is 4.98 Å². The zero-order chi connectivity index (χ0) is 15.4. The molecule has 0 saturated carbocycles. The van der Waals surface area contributed by atoms with E-state index >= 15 is 0 Å². The molecular weight excluding hydrogens is 262 g/mol. The van der Waals surface area contributed by atoms with Gasteiger partial charge in [0.25, 0.3) is 5.91 Å². The van der Waals surface area contributed by atoms with Gasteiger partial charge < -0.3 is 10.6 Å². The van der Waals surface area contributed by atoms with Gasteiger partial charge in [0.2, 0.25) is 0 Å². The van der Waals surface area contributed by atoms with Crippen LogP contribution in [-0.2, 0) is 6.54 Å². The molecule has 110 valence electrons. The molecule has 0 aliphatic rings. The van der Waals surface area contributed by atoms with Crippen LogP contribution >= 0.6 is 0 Å². The molecular formula is C17H21N3O. The molecule has 1 aromatic heterocycles. The molecule has 4 heteroatoms. The molecule has 0 aliphatic heterocycles. The van der Waals surface area contributed by atoms with Crippen LogP contribution in [0.25, 0.3) is 0 Å². The van der Waals surface area contributed by atoms with Crippen molar-refractivity contribution in [2.45, 2.75) is 33.4 Å². The van der Waals surface area contributed by atoms with Crippen molar-refractivity contribution in [1.29, 1.82) is 0 Å². The third-order valence-electron chi connectivity index (χ3n) is 3.39. The molecule has 2 N–H and O–H groups in total. The smallest absolute Gasteiger partial charge is 0.272 e. The van der Waals surface area contributed by atoms with E-state index in [9.17, 15) is 4.79 Å². The highest BCUT2D eigenvalue weighted by Gasteiger charge is 2.20. The average molecular weight is 283 g/mol. The number of carbonyl (C=O) groups excluding carboxylic acids is 1. The number of nitrogens with zero attached hydrogens (tertiary/aromatic N) is 2. The van der Waals surface area contributed by atoms with Gasteiger partial charge in [0.1, 0.15) is 5.69 Å². The first-order chi connectivity index (χ1) is 9.99. The lowest BCUT2D eigenvalue weighted by Crippen LogP contribution is -2.37. The molecule has 1 aromatic carbocycles. The number of hydrogen-bond donors (Lipinski definition) is 1. The van der Waals surface area contributed by atoms with Crippen LogP contribution in [0.2, 0.25) is 0 Å². The Morgan fingerprint density at radius 2 is 1.90 bits per heavy atom. The van der Waals surface area contributed by atoms with E-state index in [0.29, 0.717) is 17.9 Å². The first-order valence-corrected chi connectivity index (χ1v) is 7.07. The molecule has 0 saturated heterocycles. The van der Waals surface area contributed by atoms with Gasteiger partial charge in [-0.1, -0.05) is 24.3 Å². The summed E-state index contributed by atoms with van der Waals surface area (Å²) in [6.45, 7) is 6.35. The van der Waals surface area contributed by atoms with Crippen LogP contribution in [-0.4, -0.2) is 21.8 Å². The van der Waals surface area contributed by atoms with Gasteiger partial charge in [-0.05, 0) is 44.5 Å². The molecule has 2 rings (SSSR count). The van der Waals surface area contributed by atoms with Gasteiger partial charge >= 0.3 is 0 Å². The van der Waals surface area contributed by atoms with Gasteiger partial charge in [-0.15, -0.1) is 0 Å². The molecule has 0 atom stereocenters. The summed E-state index contributed by atoms with van der Waals surface area (Å²) in [7, 11) is 0. The van der Waals surface area contributed by atoms with Crippen LogP contribution in [0.4, 0.5) is 5.69 Å². The summed E-state index contributed by atoms with van der Waals surface area (Å²) >= 11 is 0. The number of aryl methyl sites for hydroxylation is 1. The Kier molecular flexibility index (Phi) is 4.58. The fourth-order valence-electron chi connectivity index (χ4n) is 2.16. The fourth-order valence-corrected chi connectivity index (χ4v) is 2.16. The van der Waals surface area contributed by atoms with Gasteiger partial charge in [0.05, 0.1) is 0 Å². The number of benzene rings is 1. The summed E-state index contributed by atoms with van der Waals surface area (Å²) in [5.74, 6) is -0.0723. The van der Waals surface area contributed by atoms with E-state index in [0.717, 1.165) is 11.3 Å². The molecule has 0 unspecified atom stereocenters. The second-order valence-corrected chi connectivity index (χ2v) is 5.39. The minimum Gasteiger partial charge on any atom is -0.398 e. The standard InChI is InChI=1S/C17H21N3O/c1-12(2)20(11-14-8-4-5-9-15(14)18)17(21)16-10-6-7-13(3)19-16/h4-10,12H,11,18H2,1-3H3. The number of rotatable bonds is 4. The Morgan fingerprint density at radius 3 is 2.52 bits per heavy atom. The largest absolute Gasteiger partial charge is 0.398 e. The summed E-state index contributed by atoms with van der Waals surface area (Å²) in [5, 5.41) is 0. The summed E-state index contributed by atoms with van der Waals surface area (Å²) in [4.78, 5) is 18.8. The lowest BCUT2D eigenvalue weighted by Gasteiger charge is -2.27. The van der Waals surface area contributed by atoms with Crippen molar-refractivity contribution in [3.05, 3.63) is 59.4 Å². The van der Waals surface area contributed by atoms with Crippen molar-refractivity contribution in [2.24, 2.45) is 0 Å². The molecule has 0 bridgehead atoms. The highest BCUT2D eigenvalue weighted by Crippen LogP contribution is 2.17. The third-order valence-corrected chi connectivity index (χ3v) is 3.39. The molecule has 21 heavy (non-hydrogen) atoms. The van der Waals surface area contributed by atoms with Crippen molar-refractivity contribution in [2.75, 3.05) is 5.73 Å². The van der Waals surface area contributed by atoms with E-state index in [-0.39, 0.29) is 11.9 Å². The molecule has 0 fully saturated rings. The van der Waals surface area contributed by atoms with Crippen LogP contribution in [0.3, 0.4) is 0 Å². The van der Waals surface area contributed by atoms with E-state index in [1.54, 1.807) is 11.0 Å². The number of pyridine rings is 1. The monoisotopic (exact) mass is 283 g/mol. The normalized spacial score (nSPS) is 10.7. The summed E-state index contributed by atoms with van der Waals surface area (Å²) in [6.07, 6.45) is 0. The van der Waals surface area contributed by atoms with Crippen molar-refractivity contribution in [3.63, 3.8) is 0 Å². The van der Waals surface area contributed by atoms with Crippen molar-refractivity contribution >= 4 is 11.6 Å². The van der Waals surface area contributed by atoms with E-state index in [1.807, 2.05) is 57.2 Å². The second kappa shape index (κ2) is 6.39. The van der Waals surface area contributed by atoms with Crippen LogP contribution < -0.4 is 5.73 Å². The van der Waals surface area contributed by atoms with Crippen molar-refractivity contribution < 1.29 is 4.79 Å². The maximum atomic E-state index is 12.7. The highest BCUT2D eigenvalue weighted by molar-refractivity contribution is 5.92. The Hall–Kier alpha value is -2.36. The Balaban J connectivity index is 2.27. The van der Waals surface area contributed by atoms with Gasteiger partial charge in [0.15, 0.2) is 0 Å². The van der Waals surface area contributed by atoms with E-state index < -0.39 is 0 Å². The molecule has 1 heterocycles. The summed E-state index contributed by atoms with van der Waals surface area (Å²) < 4.78 is 0. The SMILES string of the molecule is Cc1cccc(C(=O)N(Cc2ccccc2N)C(C)C)n1. The zero-order valence-electron chi connectivity index (χ0n) is 12.7. The summed E-state index contributed by atoms with van der Waals surface area (Å²) in [6, 6.07) is 13.2. The number of para-hydroxylation sites is 1. The highest BCUT2D eigenvalue weighted by atomic mass is 16.2. The third kappa shape index (κ3) is 3.60. The molecule has 2 aromatic rings. The molecule has 0 aliphatic carbocycles. The van der Waals surface area contributed by atoms with Gasteiger partial charge in [-0.2, -0.15) is 0 Å². The minimum atomic E-state index is -0.0723. The molecule has 0 spiro atoms. The summed E-state index contributed by atoms with van der Waals surface area (Å²) in [5.41, 5.74) is 8.94. The number of nitrogens with two attached hydrogens (primary N) is 1. The van der Waals surface area contributed by atoms with Crippen LogP contribution in [0.5, 0.6) is 0 Å². The quantitative estimate of drug-likeness (QED) is 0.877. The maximum absolute atomic E-state index is 12.7. The second-order valence-electron chi connectivity index (χ2n) is 5.39. The van der Waals surface area contributed by atoms with Gasteiger partial charge in [-0.25, -0.2) is 4.98 Å². The predicted molar refractivity (Wildman–Crippen MR) is 84.8 cm³/mol. The van der Waals surface area contributed by atoms with Crippen LogP contribution in [0, 0.1) is 6.92 Å². The first kappa shape index (κ1) is 15.0. The van der Waals surface area contributed by atoms with Crippen LogP contribution in [0.15, 0.2) is 42.5 Å². The van der Waals surface area contributed by atoms with Gasteiger partial charge in [-0.3, -0.25) is 4.79 Å². The van der Waals surface area contributed by atoms with E-state index in [4.69, 9.17) is 5.73 Å². The average Bonchev–Trinajstić information content (AvgIpc) is 2.45. The molecule has 4 nitrogen and oxygen atoms in total. The number of anilines is 1. The van der Waals surface area contributed by atoms with Crippen molar-refractivity contribution in [3.8, 4) is 0 Å². The lowest BCUT2D eigenvalue weighted by atomic mass is 10.1.